The minimum atomic E-state index is -3.09. The maximum atomic E-state index is 12.6. The van der Waals surface area contributed by atoms with E-state index in [4.69, 9.17) is 9.47 Å². The summed E-state index contributed by atoms with van der Waals surface area (Å²) in [5.74, 6) is -0.334. The molecule has 0 N–H and O–H groups in total. The molecule has 4 rings (SSSR count). The summed E-state index contributed by atoms with van der Waals surface area (Å²) in [6.45, 7) is -0.695. The number of benzene rings is 2. The number of hydrogen-bond acceptors (Lipinski definition) is 6. The molecule has 1 aliphatic heterocycles. The van der Waals surface area contributed by atoms with Gasteiger partial charge >= 0.3 is 5.97 Å². The Balaban J connectivity index is 1.28. The van der Waals surface area contributed by atoms with Crippen LogP contribution in [0.5, 0.6) is 5.75 Å². The Morgan fingerprint density at radius 2 is 1.72 bits per heavy atom. The summed E-state index contributed by atoms with van der Waals surface area (Å²) in [6, 6.07) is 13.1. The van der Waals surface area contributed by atoms with E-state index < -0.39 is 22.4 Å². The molecule has 154 valence electrons. The van der Waals surface area contributed by atoms with E-state index in [2.05, 4.69) is 0 Å². The number of carbonyl (C=O) groups is 2. The van der Waals surface area contributed by atoms with Gasteiger partial charge in [-0.25, -0.2) is 13.2 Å². The number of amides is 1. The first kappa shape index (κ1) is 19.7. The topological polar surface area (TPSA) is 90.0 Å². The van der Waals surface area contributed by atoms with Crippen LogP contribution in [-0.4, -0.2) is 62.0 Å². The van der Waals surface area contributed by atoms with E-state index in [1.807, 2.05) is 36.4 Å². The van der Waals surface area contributed by atoms with Gasteiger partial charge in [0.05, 0.1) is 11.5 Å². The lowest BCUT2D eigenvalue weighted by atomic mass is 10.1. The quantitative estimate of drug-likeness (QED) is 0.640. The molecule has 1 saturated carbocycles. The van der Waals surface area contributed by atoms with Gasteiger partial charge in [0.2, 0.25) is 0 Å². The van der Waals surface area contributed by atoms with Crippen molar-refractivity contribution in [2.24, 2.45) is 0 Å². The Morgan fingerprint density at radius 1 is 0.966 bits per heavy atom. The average molecular weight is 417 g/mol. The van der Waals surface area contributed by atoms with Gasteiger partial charge in [0.1, 0.15) is 5.75 Å². The van der Waals surface area contributed by atoms with E-state index in [0.717, 1.165) is 23.6 Å². The van der Waals surface area contributed by atoms with Gasteiger partial charge < -0.3 is 14.4 Å². The third-order valence-electron chi connectivity index (χ3n) is 5.26. The number of sulfone groups is 1. The van der Waals surface area contributed by atoms with Gasteiger partial charge in [-0.2, -0.15) is 0 Å². The van der Waals surface area contributed by atoms with E-state index in [9.17, 15) is 18.0 Å². The molecular weight excluding hydrogens is 394 g/mol. The van der Waals surface area contributed by atoms with Crippen LogP contribution < -0.4 is 4.74 Å². The standard InChI is InChI=1S/C21H23NO6S/c23-20(22(17-6-7-17)18-9-10-29(25,26)14-18)12-28-21(24)13-27-19-8-5-15-3-1-2-4-16(15)11-19/h1-5,8,11,17-18H,6-7,9-10,12-14H2/t18-/m0/s1. The monoisotopic (exact) mass is 417 g/mol. The molecule has 2 aliphatic rings. The number of ether oxygens (including phenoxy) is 2. The summed E-state index contributed by atoms with van der Waals surface area (Å²) < 4.78 is 34.0. The molecule has 1 amide bonds. The lowest BCUT2D eigenvalue weighted by Crippen LogP contribution is -2.45. The molecular formula is C21H23NO6S. The number of carbonyl (C=O) groups excluding carboxylic acids is 2. The van der Waals surface area contributed by atoms with Crippen LogP contribution in [0.4, 0.5) is 0 Å². The van der Waals surface area contributed by atoms with Crippen LogP contribution >= 0.6 is 0 Å². The van der Waals surface area contributed by atoms with Crippen LogP contribution in [0.2, 0.25) is 0 Å². The molecule has 0 bridgehead atoms. The molecule has 0 aromatic heterocycles. The maximum absolute atomic E-state index is 12.6. The number of nitrogens with zero attached hydrogens (tertiary/aromatic N) is 1. The van der Waals surface area contributed by atoms with E-state index in [1.165, 1.54) is 0 Å². The third-order valence-corrected chi connectivity index (χ3v) is 7.01. The SMILES string of the molecule is O=C(COc1ccc2ccccc2c1)OCC(=O)N(C1CC1)[C@H]1CCS(=O)(=O)C1. The van der Waals surface area contributed by atoms with Crippen LogP contribution in [0.3, 0.4) is 0 Å². The van der Waals surface area contributed by atoms with Crippen LogP contribution in [0.15, 0.2) is 42.5 Å². The molecule has 1 atom stereocenters. The van der Waals surface area contributed by atoms with Crippen molar-refractivity contribution in [2.45, 2.75) is 31.3 Å². The van der Waals surface area contributed by atoms with E-state index in [1.54, 1.807) is 11.0 Å². The molecule has 2 aromatic carbocycles. The van der Waals surface area contributed by atoms with E-state index >= 15 is 0 Å². The zero-order chi connectivity index (χ0) is 20.4. The van der Waals surface area contributed by atoms with Crippen molar-refractivity contribution >= 4 is 32.5 Å². The average Bonchev–Trinajstić information content (AvgIpc) is 3.47. The van der Waals surface area contributed by atoms with Gasteiger partial charge in [-0.1, -0.05) is 30.3 Å². The number of rotatable bonds is 7. The van der Waals surface area contributed by atoms with Crippen molar-refractivity contribution in [2.75, 3.05) is 24.7 Å². The molecule has 29 heavy (non-hydrogen) atoms. The molecule has 2 aromatic rings. The highest BCUT2D eigenvalue weighted by molar-refractivity contribution is 7.91. The molecule has 1 aliphatic carbocycles. The van der Waals surface area contributed by atoms with Crippen LogP contribution in [0.25, 0.3) is 10.8 Å². The van der Waals surface area contributed by atoms with Gasteiger partial charge in [-0.3, -0.25) is 4.79 Å². The maximum Gasteiger partial charge on any atom is 0.344 e. The molecule has 1 heterocycles. The third kappa shape index (κ3) is 4.87. The van der Waals surface area contributed by atoms with Crippen molar-refractivity contribution in [3.8, 4) is 5.75 Å². The first-order valence-corrected chi connectivity index (χ1v) is 11.5. The largest absolute Gasteiger partial charge is 0.482 e. The van der Waals surface area contributed by atoms with Gasteiger partial charge in [0, 0.05) is 12.1 Å². The van der Waals surface area contributed by atoms with Crippen molar-refractivity contribution in [3.05, 3.63) is 42.5 Å². The summed E-state index contributed by atoms with van der Waals surface area (Å²) in [5.41, 5.74) is 0. The summed E-state index contributed by atoms with van der Waals surface area (Å²) in [6.07, 6.45) is 2.17. The van der Waals surface area contributed by atoms with Gasteiger partial charge in [0.25, 0.3) is 5.91 Å². The highest BCUT2D eigenvalue weighted by Gasteiger charge is 2.42. The number of hydrogen-bond donors (Lipinski definition) is 0. The Kier molecular flexibility index (Phi) is 5.45. The summed E-state index contributed by atoms with van der Waals surface area (Å²) >= 11 is 0. The fraction of sp³-hybridized carbons (Fsp3) is 0.429. The summed E-state index contributed by atoms with van der Waals surface area (Å²) in [4.78, 5) is 26.2. The lowest BCUT2D eigenvalue weighted by molar-refractivity contribution is -0.154. The van der Waals surface area contributed by atoms with Crippen LogP contribution in [0.1, 0.15) is 19.3 Å². The fourth-order valence-corrected chi connectivity index (χ4v) is 5.42. The van der Waals surface area contributed by atoms with Crippen molar-refractivity contribution < 1.29 is 27.5 Å². The smallest absolute Gasteiger partial charge is 0.344 e. The van der Waals surface area contributed by atoms with Crippen molar-refractivity contribution in [3.63, 3.8) is 0 Å². The first-order valence-electron chi connectivity index (χ1n) is 9.70. The Labute approximate surface area is 169 Å². The van der Waals surface area contributed by atoms with Gasteiger partial charge in [0.15, 0.2) is 23.1 Å². The van der Waals surface area contributed by atoms with Crippen molar-refractivity contribution in [1.82, 2.24) is 4.90 Å². The minimum Gasteiger partial charge on any atom is -0.482 e. The fourth-order valence-electron chi connectivity index (χ4n) is 3.71. The molecule has 0 radical (unpaired) electrons. The van der Waals surface area contributed by atoms with E-state index in [-0.39, 0.29) is 36.1 Å². The summed E-state index contributed by atoms with van der Waals surface area (Å²) in [5, 5.41) is 2.07. The number of fused-ring (bicyclic) bond motifs is 1. The van der Waals surface area contributed by atoms with Crippen LogP contribution in [-0.2, 0) is 24.2 Å². The predicted octanol–water partition coefficient (Wildman–Crippen LogP) is 1.94. The highest BCUT2D eigenvalue weighted by Crippen LogP contribution is 2.32. The second kappa shape index (κ2) is 8.02. The predicted molar refractivity (Wildman–Crippen MR) is 107 cm³/mol. The van der Waals surface area contributed by atoms with Gasteiger partial charge in [-0.05, 0) is 42.2 Å². The zero-order valence-corrected chi connectivity index (χ0v) is 16.8. The van der Waals surface area contributed by atoms with Crippen LogP contribution in [0, 0.1) is 0 Å². The van der Waals surface area contributed by atoms with Crippen molar-refractivity contribution in [1.29, 1.82) is 0 Å². The minimum absolute atomic E-state index is 0.00569. The number of esters is 1. The Bertz CT molecular complexity index is 1030. The molecule has 0 spiro atoms. The van der Waals surface area contributed by atoms with E-state index in [0.29, 0.717) is 12.2 Å². The highest BCUT2D eigenvalue weighted by atomic mass is 32.2. The molecule has 8 heteroatoms. The second-order valence-corrected chi connectivity index (χ2v) is 9.78. The zero-order valence-electron chi connectivity index (χ0n) is 16.0. The Morgan fingerprint density at radius 3 is 2.41 bits per heavy atom. The molecule has 7 nitrogen and oxygen atoms in total. The molecule has 0 unspecified atom stereocenters. The Hall–Kier alpha value is -2.61. The second-order valence-electron chi connectivity index (χ2n) is 7.55. The first-order chi connectivity index (χ1) is 13.9. The lowest BCUT2D eigenvalue weighted by Gasteiger charge is -2.28. The summed E-state index contributed by atoms with van der Waals surface area (Å²) in [7, 11) is -3.09. The normalized spacial score (nSPS) is 20.3. The molecule has 1 saturated heterocycles. The molecule has 2 fully saturated rings. The van der Waals surface area contributed by atoms with Gasteiger partial charge in [-0.15, -0.1) is 0 Å².